The summed E-state index contributed by atoms with van der Waals surface area (Å²) < 4.78 is 11.4. The number of carbonyl (C=O) groups excluding carboxylic acids is 1. The zero-order valence-corrected chi connectivity index (χ0v) is 19.6. The molecule has 4 rings (SSSR count). The van der Waals surface area contributed by atoms with E-state index < -0.39 is 0 Å². The molecule has 0 aliphatic carbocycles. The van der Waals surface area contributed by atoms with Crippen molar-refractivity contribution in [2.24, 2.45) is 0 Å². The first-order valence-electron chi connectivity index (χ1n) is 11.7. The van der Waals surface area contributed by atoms with Crippen molar-refractivity contribution in [2.75, 3.05) is 24.7 Å². The van der Waals surface area contributed by atoms with Gasteiger partial charge < -0.3 is 19.7 Å². The van der Waals surface area contributed by atoms with E-state index in [9.17, 15) is 4.79 Å². The molecule has 0 aromatic heterocycles. The first-order chi connectivity index (χ1) is 16.1. The molecule has 0 fully saturated rings. The van der Waals surface area contributed by atoms with Crippen molar-refractivity contribution in [3.8, 4) is 11.5 Å². The number of anilines is 1. The smallest absolute Gasteiger partial charge is 0.251 e. The molecule has 5 heteroatoms. The van der Waals surface area contributed by atoms with Crippen molar-refractivity contribution in [1.29, 1.82) is 0 Å². The quantitative estimate of drug-likeness (QED) is 0.471. The van der Waals surface area contributed by atoms with E-state index in [2.05, 4.69) is 34.5 Å². The van der Waals surface area contributed by atoms with Crippen LogP contribution in [0.5, 0.6) is 11.5 Å². The summed E-state index contributed by atoms with van der Waals surface area (Å²) in [4.78, 5) is 15.2. The average Bonchev–Trinajstić information content (AvgIpc) is 3.23. The number of hydrogen-bond donors (Lipinski definition) is 1. The predicted octanol–water partition coefficient (Wildman–Crippen LogP) is 5.54. The topological polar surface area (TPSA) is 50.8 Å². The number of ether oxygens (including phenoxy) is 2. The van der Waals surface area contributed by atoms with Gasteiger partial charge in [-0.15, -0.1) is 0 Å². The van der Waals surface area contributed by atoms with Crippen molar-refractivity contribution in [1.82, 2.24) is 5.32 Å². The first-order valence-corrected chi connectivity index (χ1v) is 11.7. The Morgan fingerprint density at radius 2 is 1.70 bits per heavy atom. The van der Waals surface area contributed by atoms with Crippen molar-refractivity contribution in [2.45, 2.75) is 39.8 Å². The molecular formula is C28H32N2O3. The molecule has 5 nitrogen and oxygen atoms in total. The summed E-state index contributed by atoms with van der Waals surface area (Å²) in [5, 5.41) is 3.09. The summed E-state index contributed by atoms with van der Waals surface area (Å²) in [5.41, 5.74) is 5.55. The first kappa shape index (κ1) is 22.7. The van der Waals surface area contributed by atoms with Crippen LogP contribution >= 0.6 is 0 Å². The zero-order valence-electron chi connectivity index (χ0n) is 19.6. The second-order valence-corrected chi connectivity index (χ2v) is 8.26. The number of nitrogens with one attached hydrogen (secondary N) is 1. The van der Waals surface area contributed by atoms with Crippen LogP contribution in [0.1, 0.15) is 53.9 Å². The Labute approximate surface area is 196 Å². The zero-order chi connectivity index (χ0) is 23.2. The maximum absolute atomic E-state index is 12.9. The van der Waals surface area contributed by atoms with E-state index in [1.807, 2.05) is 63.2 Å². The number of nitrogens with zero attached hydrogens (tertiary/aromatic N) is 1. The van der Waals surface area contributed by atoms with E-state index in [1.165, 1.54) is 16.8 Å². The molecule has 0 bridgehead atoms. The minimum absolute atomic E-state index is 0.0904. The Hall–Kier alpha value is -3.47. The lowest BCUT2D eigenvalue weighted by atomic mass is 10.1. The van der Waals surface area contributed by atoms with Crippen LogP contribution in [0.25, 0.3) is 0 Å². The maximum Gasteiger partial charge on any atom is 0.251 e. The molecule has 3 aromatic carbocycles. The van der Waals surface area contributed by atoms with Gasteiger partial charge in [0.2, 0.25) is 0 Å². The van der Waals surface area contributed by atoms with Gasteiger partial charge in [0, 0.05) is 24.3 Å². The Bertz CT molecular complexity index is 1090. The summed E-state index contributed by atoms with van der Waals surface area (Å²) in [7, 11) is 0. The highest BCUT2D eigenvalue weighted by molar-refractivity contribution is 5.94. The fourth-order valence-corrected chi connectivity index (χ4v) is 4.25. The van der Waals surface area contributed by atoms with Gasteiger partial charge in [-0.2, -0.15) is 0 Å². The van der Waals surface area contributed by atoms with Gasteiger partial charge >= 0.3 is 0 Å². The van der Waals surface area contributed by atoms with Crippen molar-refractivity contribution in [3.63, 3.8) is 0 Å². The molecule has 172 valence electrons. The molecule has 0 saturated heterocycles. The van der Waals surface area contributed by atoms with Gasteiger partial charge in [0.15, 0.2) is 11.5 Å². The maximum atomic E-state index is 12.9. The number of benzene rings is 3. The third kappa shape index (κ3) is 5.30. The molecule has 1 heterocycles. The SMILES string of the molecule is CCOc1ccc([C@H](C)NC(=O)c2ccc(CN3CCc4ccccc43)cc2)cc1OCC. The largest absolute Gasteiger partial charge is 0.490 e. The second-order valence-electron chi connectivity index (χ2n) is 8.26. The van der Waals surface area contributed by atoms with Crippen LogP contribution in [0, 0.1) is 0 Å². The van der Waals surface area contributed by atoms with E-state index in [0.29, 0.717) is 24.5 Å². The molecule has 33 heavy (non-hydrogen) atoms. The van der Waals surface area contributed by atoms with E-state index in [4.69, 9.17) is 9.47 Å². The third-order valence-corrected chi connectivity index (χ3v) is 5.99. The molecule has 3 aromatic rings. The van der Waals surface area contributed by atoms with Gasteiger partial charge in [0.1, 0.15) is 0 Å². The van der Waals surface area contributed by atoms with Gasteiger partial charge in [0.05, 0.1) is 19.3 Å². The lowest BCUT2D eigenvalue weighted by Gasteiger charge is -2.20. The van der Waals surface area contributed by atoms with Crippen LogP contribution in [-0.4, -0.2) is 25.7 Å². The summed E-state index contributed by atoms with van der Waals surface area (Å²) in [6.45, 7) is 8.88. The number of rotatable bonds is 9. The number of amides is 1. The lowest BCUT2D eigenvalue weighted by molar-refractivity contribution is 0.0940. The molecule has 0 spiro atoms. The summed E-state index contributed by atoms with van der Waals surface area (Å²) >= 11 is 0. The highest BCUT2D eigenvalue weighted by Gasteiger charge is 2.19. The average molecular weight is 445 g/mol. The normalized spacial score (nSPS) is 13.4. The summed E-state index contributed by atoms with van der Waals surface area (Å²) in [5.74, 6) is 1.33. The van der Waals surface area contributed by atoms with E-state index in [-0.39, 0.29) is 11.9 Å². The second kappa shape index (κ2) is 10.4. The van der Waals surface area contributed by atoms with Gasteiger partial charge in [-0.3, -0.25) is 4.79 Å². The molecule has 1 aliphatic heterocycles. The van der Waals surface area contributed by atoms with Gasteiger partial charge in [-0.05, 0) is 74.2 Å². The van der Waals surface area contributed by atoms with Crippen molar-refractivity contribution in [3.05, 3.63) is 89.0 Å². The molecule has 1 atom stereocenters. The summed E-state index contributed by atoms with van der Waals surface area (Å²) in [6.07, 6.45) is 1.09. The fourth-order valence-electron chi connectivity index (χ4n) is 4.25. The Balaban J connectivity index is 1.39. The number of hydrogen-bond acceptors (Lipinski definition) is 4. The lowest BCUT2D eigenvalue weighted by Crippen LogP contribution is -2.26. The van der Waals surface area contributed by atoms with E-state index in [0.717, 1.165) is 30.8 Å². The van der Waals surface area contributed by atoms with Crippen molar-refractivity contribution < 1.29 is 14.3 Å². The minimum Gasteiger partial charge on any atom is -0.490 e. The van der Waals surface area contributed by atoms with Crippen LogP contribution < -0.4 is 19.7 Å². The Morgan fingerprint density at radius 1 is 0.970 bits per heavy atom. The van der Waals surface area contributed by atoms with Gasteiger partial charge in [-0.1, -0.05) is 36.4 Å². The summed E-state index contributed by atoms with van der Waals surface area (Å²) in [6, 6.07) is 22.1. The van der Waals surface area contributed by atoms with Crippen molar-refractivity contribution >= 4 is 11.6 Å². The number of para-hydroxylation sites is 1. The Morgan fingerprint density at radius 3 is 2.45 bits per heavy atom. The van der Waals surface area contributed by atoms with Crippen LogP contribution in [-0.2, 0) is 13.0 Å². The number of carbonyl (C=O) groups is 1. The molecule has 1 aliphatic rings. The standard InChI is InChI=1S/C28H32N2O3/c1-4-32-26-15-14-24(18-27(26)33-5-2)20(3)29-28(31)23-12-10-21(11-13-23)19-30-17-16-22-8-6-7-9-25(22)30/h6-15,18,20H,4-5,16-17,19H2,1-3H3,(H,29,31)/t20-/m0/s1. The van der Waals surface area contributed by atoms with Gasteiger partial charge in [-0.25, -0.2) is 0 Å². The molecule has 0 radical (unpaired) electrons. The third-order valence-electron chi connectivity index (χ3n) is 5.99. The molecular weight excluding hydrogens is 412 g/mol. The van der Waals surface area contributed by atoms with E-state index in [1.54, 1.807) is 0 Å². The molecule has 1 amide bonds. The van der Waals surface area contributed by atoms with Crippen LogP contribution in [0.4, 0.5) is 5.69 Å². The fraction of sp³-hybridized carbons (Fsp3) is 0.321. The molecule has 0 saturated carbocycles. The predicted molar refractivity (Wildman–Crippen MR) is 132 cm³/mol. The van der Waals surface area contributed by atoms with Crippen LogP contribution in [0.2, 0.25) is 0 Å². The molecule has 0 unspecified atom stereocenters. The highest BCUT2D eigenvalue weighted by atomic mass is 16.5. The monoisotopic (exact) mass is 444 g/mol. The molecule has 1 N–H and O–H groups in total. The van der Waals surface area contributed by atoms with Crippen LogP contribution in [0.15, 0.2) is 66.7 Å². The van der Waals surface area contributed by atoms with Crippen LogP contribution in [0.3, 0.4) is 0 Å². The highest BCUT2D eigenvalue weighted by Crippen LogP contribution is 2.31. The Kier molecular flexibility index (Phi) is 7.18. The van der Waals surface area contributed by atoms with E-state index >= 15 is 0 Å². The van der Waals surface area contributed by atoms with Gasteiger partial charge in [0.25, 0.3) is 5.91 Å². The number of fused-ring (bicyclic) bond motifs is 1. The minimum atomic E-state index is -0.159.